The molecular weight excluding hydrogens is 117 g/mol. The molecule has 1 N–H and O–H groups in total. The Morgan fingerprint density at radius 2 is 2.57 bits per heavy atom. The van der Waals surface area contributed by atoms with Gasteiger partial charge in [-0.3, -0.25) is 0 Å². The third-order valence-electron chi connectivity index (χ3n) is 0.454. The molecule has 0 atom stereocenters. The van der Waals surface area contributed by atoms with E-state index < -0.39 is 0 Å². The van der Waals surface area contributed by atoms with Crippen LogP contribution in [0.4, 0.5) is 0 Å². The number of nitrogens with zero attached hydrogens (tertiary/aromatic N) is 3. The van der Waals surface area contributed by atoms with Crippen LogP contribution in [0.25, 0.3) is 0 Å². The molecule has 1 heterocycles. The van der Waals surface area contributed by atoms with Gasteiger partial charge >= 0.3 is 0 Å². The predicted molar refractivity (Wildman–Crippen MR) is 22.2 cm³/mol. The Hall–Kier alpha value is -0.770. The van der Waals surface area contributed by atoms with Crippen LogP contribution in [0.3, 0.4) is 0 Å². The molecule has 1 aromatic heterocycles. The van der Waals surface area contributed by atoms with Crippen molar-refractivity contribution in [2.24, 2.45) is 0 Å². The van der Waals surface area contributed by atoms with E-state index in [1.807, 2.05) is 0 Å². The van der Waals surface area contributed by atoms with Crippen LogP contribution in [0.15, 0.2) is 6.20 Å². The first-order valence-electron chi connectivity index (χ1n) is 1.56. The van der Waals surface area contributed by atoms with E-state index in [4.69, 9.17) is 16.8 Å². The van der Waals surface area contributed by atoms with Crippen LogP contribution in [-0.4, -0.2) is 20.4 Å². The molecule has 0 spiro atoms. The topological polar surface area (TPSA) is 50.9 Å². The van der Waals surface area contributed by atoms with Crippen LogP contribution in [-0.2, 0) is 0 Å². The summed E-state index contributed by atoms with van der Waals surface area (Å²) in [6.45, 7) is 0. The lowest BCUT2D eigenvalue weighted by molar-refractivity contribution is 0.143. The minimum atomic E-state index is 0.183. The van der Waals surface area contributed by atoms with Gasteiger partial charge in [-0.25, -0.2) is 0 Å². The van der Waals surface area contributed by atoms with Crippen molar-refractivity contribution >= 4 is 11.6 Å². The molecule has 0 fully saturated rings. The Morgan fingerprint density at radius 3 is 2.71 bits per heavy atom. The fraction of sp³-hybridized carbons (Fsp3) is 0. The normalized spacial score (nSPS) is 9.29. The highest BCUT2D eigenvalue weighted by atomic mass is 35.5. The van der Waals surface area contributed by atoms with E-state index in [9.17, 15) is 0 Å². The molecule has 0 aliphatic carbocycles. The van der Waals surface area contributed by atoms with Gasteiger partial charge in [0.2, 0.25) is 0 Å². The van der Waals surface area contributed by atoms with Crippen LogP contribution < -0.4 is 0 Å². The Balaban J connectivity index is 3.04. The van der Waals surface area contributed by atoms with Crippen molar-refractivity contribution in [3.8, 4) is 0 Å². The first-order chi connectivity index (χ1) is 3.29. The molecule has 7 heavy (non-hydrogen) atoms. The Bertz CT molecular complexity index is 145. The highest BCUT2D eigenvalue weighted by Crippen LogP contribution is 1.96. The average Bonchev–Trinajstić information content (AvgIpc) is 1.87. The molecule has 0 radical (unpaired) electrons. The third-order valence-corrected chi connectivity index (χ3v) is 0.627. The van der Waals surface area contributed by atoms with Crippen LogP contribution in [0, 0.1) is 0 Å². The van der Waals surface area contributed by atoms with E-state index in [0.29, 0.717) is 4.85 Å². The summed E-state index contributed by atoms with van der Waals surface area (Å²) in [5.41, 5.74) is 0. The van der Waals surface area contributed by atoms with Gasteiger partial charge in [-0.05, 0) is 5.21 Å². The lowest BCUT2D eigenvalue weighted by Crippen LogP contribution is -1.88. The Morgan fingerprint density at radius 1 is 1.86 bits per heavy atom. The second-order valence-electron chi connectivity index (χ2n) is 0.962. The third kappa shape index (κ3) is 0.806. The molecule has 38 valence electrons. The minimum absolute atomic E-state index is 0.183. The molecule has 0 aliphatic rings. The van der Waals surface area contributed by atoms with Crippen molar-refractivity contribution in [1.29, 1.82) is 0 Å². The van der Waals surface area contributed by atoms with Gasteiger partial charge in [-0.15, -0.1) is 5.10 Å². The van der Waals surface area contributed by atoms with E-state index in [2.05, 4.69) is 10.3 Å². The molecule has 0 amide bonds. The SMILES string of the molecule is On1cc(Cl)nn1. The van der Waals surface area contributed by atoms with Crippen molar-refractivity contribution in [2.75, 3.05) is 0 Å². The molecule has 4 nitrogen and oxygen atoms in total. The zero-order valence-corrected chi connectivity index (χ0v) is 4.00. The Kier molecular flexibility index (Phi) is 0.867. The van der Waals surface area contributed by atoms with Crippen molar-refractivity contribution in [3.63, 3.8) is 0 Å². The van der Waals surface area contributed by atoms with E-state index >= 15 is 0 Å². The summed E-state index contributed by atoms with van der Waals surface area (Å²) in [6.07, 6.45) is 1.18. The van der Waals surface area contributed by atoms with Crippen LogP contribution in [0.1, 0.15) is 0 Å². The summed E-state index contributed by atoms with van der Waals surface area (Å²) in [4.78, 5) is 0.544. The van der Waals surface area contributed by atoms with Gasteiger partial charge in [0.1, 0.15) is 6.20 Å². The monoisotopic (exact) mass is 119 g/mol. The smallest absolute Gasteiger partial charge is 0.175 e. The molecule has 0 aliphatic heterocycles. The van der Waals surface area contributed by atoms with Gasteiger partial charge in [0.05, 0.1) is 0 Å². The quantitative estimate of drug-likeness (QED) is 0.496. The molecule has 0 aromatic carbocycles. The lowest BCUT2D eigenvalue weighted by atomic mass is 10.9. The molecular formula is C2H2ClN3O. The highest BCUT2D eigenvalue weighted by Gasteiger charge is 1.88. The summed E-state index contributed by atoms with van der Waals surface area (Å²) in [5.74, 6) is 0. The molecule has 0 saturated heterocycles. The van der Waals surface area contributed by atoms with Gasteiger partial charge in [0.15, 0.2) is 5.15 Å². The van der Waals surface area contributed by atoms with Crippen molar-refractivity contribution in [2.45, 2.75) is 0 Å². The van der Waals surface area contributed by atoms with Crippen molar-refractivity contribution in [1.82, 2.24) is 15.2 Å². The van der Waals surface area contributed by atoms with Crippen LogP contribution in [0.5, 0.6) is 0 Å². The first kappa shape index (κ1) is 4.39. The van der Waals surface area contributed by atoms with Gasteiger partial charge in [-0.1, -0.05) is 16.4 Å². The zero-order chi connectivity index (χ0) is 5.28. The van der Waals surface area contributed by atoms with Gasteiger partial charge in [0, 0.05) is 0 Å². The number of aromatic nitrogens is 3. The second kappa shape index (κ2) is 1.38. The maximum absolute atomic E-state index is 8.31. The van der Waals surface area contributed by atoms with Gasteiger partial charge < -0.3 is 5.21 Å². The fourth-order valence-electron chi connectivity index (χ4n) is 0.235. The molecule has 5 heteroatoms. The maximum Gasteiger partial charge on any atom is 0.175 e. The summed E-state index contributed by atoms with van der Waals surface area (Å²) >= 11 is 5.21. The molecule has 1 aromatic rings. The summed E-state index contributed by atoms with van der Waals surface area (Å²) in [7, 11) is 0. The maximum atomic E-state index is 8.31. The van der Waals surface area contributed by atoms with Crippen molar-refractivity contribution < 1.29 is 5.21 Å². The standard InChI is InChI=1S/C2H2ClN3O/c3-2-1-6(7)5-4-2/h1,7H. The lowest BCUT2D eigenvalue weighted by Gasteiger charge is -1.74. The second-order valence-corrected chi connectivity index (χ2v) is 1.35. The molecule has 1 rings (SSSR count). The van der Waals surface area contributed by atoms with E-state index in [1.54, 1.807) is 0 Å². The zero-order valence-electron chi connectivity index (χ0n) is 3.24. The number of hydrogen-bond acceptors (Lipinski definition) is 3. The summed E-state index contributed by atoms with van der Waals surface area (Å²) in [6, 6.07) is 0. The molecule has 0 unspecified atom stereocenters. The minimum Gasteiger partial charge on any atom is -0.410 e. The van der Waals surface area contributed by atoms with Crippen LogP contribution in [0.2, 0.25) is 5.15 Å². The summed E-state index contributed by atoms with van der Waals surface area (Å²) in [5, 5.41) is 14.8. The number of halogens is 1. The Labute approximate surface area is 44.3 Å². The van der Waals surface area contributed by atoms with E-state index in [-0.39, 0.29) is 5.15 Å². The van der Waals surface area contributed by atoms with E-state index in [0.717, 1.165) is 0 Å². The predicted octanol–water partition coefficient (Wildman–Crippen LogP) is 0.169. The average molecular weight is 120 g/mol. The fourth-order valence-corrected chi connectivity index (χ4v) is 0.357. The van der Waals surface area contributed by atoms with Crippen LogP contribution >= 0.6 is 11.6 Å². The van der Waals surface area contributed by atoms with Gasteiger partial charge in [0.25, 0.3) is 0 Å². The first-order valence-corrected chi connectivity index (χ1v) is 1.94. The van der Waals surface area contributed by atoms with Crippen molar-refractivity contribution in [3.05, 3.63) is 11.3 Å². The van der Waals surface area contributed by atoms with E-state index in [1.165, 1.54) is 6.20 Å². The van der Waals surface area contributed by atoms with Gasteiger partial charge in [-0.2, -0.15) is 0 Å². The molecule has 0 saturated carbocycles. The summed E-state index contributed by atoms with van der Waals surface area (Å²) < 4.78 is 0. The largest absolute Gasteiger partial charge is 0.410 e. The number of hydrogen-bond donors (Lipinski definition) is 1. The molecule has 0 bridgehead atoms. The highest BCUT2D eigenvalue weighted by molar-refractivity contribution is 6.29. The number of rotatable bonds is 0.